The second kappa shape index (κ2) is 4.49. The molecular weight excluding hydrogens is 261 g/mol. The number of rotatable bonds is 2. The van der Waals surface area contributed by atoms with E-state index in [1.807, 2.05) is 0 Å². The van der Waals surface area contributed by atoms with Crippen molar-refractivity contribution in [3.05, 3.63) is 0 Å². The first kappa shape index (κ1) is 11.8. The highest BCUT2D eigenvalue weighted by Crippen LogP contribution is 2.28. The average molecular weight is 271 g/mol. The van der Waals surface area contributed by atoms with Gasteiger partial charge in [-0.2, -0.15) is 18.4 Å². The molecule has 0 amide bonds. The van der Waals surface area contributed by atoms with Gasteiger partial charge in [-0.3, -0.25) is 0 Å². The summed E-state index contributed by atoms with van der Waals surface area (Å²) in [6.07, 6.45) is -3.53. The van der Waals surface area contributed by atoms with Gasteiger partial charge in [-0.1, -0.05) is 15.9 Å². The topological polar surface area (TPSA) is 27.0 Å². The number of likely N-dealkylation sites (tertiary alicyclic amines) is 1. The van der Waals surface area contributed by atoms with Crippen LogP contribution in [0.25, 0.3) is 0 Å². The average Bonchev–Trinajstić information content (AvgIpc) is 2.50. The lowest BCUT2D eigenvalue weighted by Gasteiger charge is -2.20. The van der Waals surface area contributed by atoms with E-state index in [9.17, 15) is 13.2 Å². The van der Waals surface area contributed by atoms with Crippen molar-refractivity contribution in [1.82, 2.24) is 4.90 Å². The van der Waals surface area contributed by atoms with Crippen LogP contribution in [0.1, 0.15) is 6.42 Å². The Labute approximate surface area is 88.8 Å². The lowest BCUT2D eigenvalue weighted by atomic mass is 10.1. The highest BCUT2D eigenvalue weighted by atomic mass is 79.9. The molecule has 0 bridgehead atoms. The van der Waals surface area contributed by atoms with Crippen LogP contribution in [-0.2, 0) is 0 Å². The first-order valence-electron chi connectivity index (χ1n) is 4.26. The zero-order valence-electron chi connectivity index (χ0n) is 7.39. The highest BCUT2D eigenvalue weighted by Gasteiger charge is 2.39. The van der Waals surface area contributed by atoms with Crippen LogP contribution in [0.3, 0.4) is 0 Å². The summed E-state index contributed by atoms with van der Waals surface area (Å²) in [6.45, 7) is 0.965. The fourth-order valence-corrected chi connectivity index (χ4v) is 1.84. The molecule has 0 saturated carbocycles. The van der Waals surface area contributed by atoms with Crippen molar-refractivity contribution in [2.24, 2.45) is 5.92 Å². The van der Waals surface area contributed by atoms with E-state index >= 15 is 0 Å². The molecule has 0 radical (unpaired) electrons. The van der Waals surface area contributed by atoms with Gasteiger partial charge in [0.15, 0.2) is 0 Å². The van der Waals surface area contributed by atoms with Crippen LogP contribution in [0.15, 0.2) is 0 Å². The van der Waals surface area contributed by atoms with Crippen molar-refractivity contribution in [3.63, 3.8) is 0 Å². The molecule has 80 valence electrons. The van der Waals surface area contributed by atoms with Crippen LogP contribution < -0.4 is 0 Å². The summed E-state index contributed by atoms with van der Waals surface area (Å²) >= 11 is 2.60. The number of hydrogen-bond acceptors (Lipinski definition) is 2. The maximum atomic E-state index is 12.1. The smallest absolute Gasteiger partial charge is 0.301 e. The van der Waals surface area contributed by atoms with Gasteiger partial charge in [0.25, 0.3) is 0 Å². The molecule has 0 aromatic rings. The standard InChI is InChI=1S/C8H10BrF3N2/c9-7(8(10,11)12)5-14-2-1-6(3-13)4-14/h6-7H,1-2,4-5H2. The Morgan fingerprint density at radius 2 is 2.21 bits per heavy atom. The van der Waals surface area contributed by atoms with Crippen molar-refractivity contribution in [3.8, 4) is 6.07 Å². The maximum Gasteiger partial charge on any atom is 0.402 e. The van der Waals surface area contributed by atoms with Crippen LogP contribution in [0.5, 0.6) is 0 Å². The summed E-state index contributed by atoms with van der Waals surface area (Å²) < 4.78 is 36.4. The van der Waals surface area contributed by atoms with Gasteiger partial charge in [0.2, 0.25) is 0 Å². The first-order valence-corrected chi connectivity index (χ1v) is 5.18. The molecule has 1 rings (SSSR count). The normalized spacial score (nSPS) is 26.1. The van der Waals surface area contributed by atoms with Gasteiger partial charge in [-0.25, -0.2) is 0 Å². The Morgan fingerprint density at radius 3 is 2.64 bits per heavy atom. The van der Waals surface area contributed by atoms with Gasteiger partial charge >= 0.3 is 6.18 Å². The third-order valence-corrected chi connectivity index (χ3v) is 3.04. The summed E-state index contributed by atoms with van der Waals surface area (Å²) in [7, 11) is 0. The molecule has 1 saturated heterocycles. The molecule has 0 aromatic heterocycles. The molecule has 14 heavy (non-hydrogen) atoms. The minimum Gasteiger partial charge on any atom is -0.301 e. The van der Waals surface area contributed by atoms with Crippen molar-refractivity contribution < 1.29 is 13.2 Å². The molecule has 2 nitrogen and oxygen atoms in total. The number of hydrogen-bond donors (Lipinski definition) is 0. The second-order valence-electron chi connectivity index (χ2n) is 3.38. The van der Waals surface area contributed by atoms with Gasteiger partial charge in [0.05, 0.1) is 12.0 Å². The molecule has 1 aliphatic rings. The quantitative estimate of drug-likeness (QED) is 0.719. The predicted octanol–water partition coefficient (Wildman–Crippen LogP) is 2.16. The summed E-state index contributed by atoms with van der Waals surface area (Å²) in [4.78, 5) is 0.174. The molecule has 0 N–H and O–H groups in total. The van der Waals surface area contributed by atoms with E-state index in [1.165, 1.54) is 0 Å². The fourth-order valence-electron chi connectivity index (χ4n) is 1.43. The SMILES string of the molecule is N#CC1CCN(CC(Br)C(F)(F)F)C1. The number of nitrogens with zero attached hydrogens (tertiary/aromatic N) is 2. The Bertz CT molecular complexity index is 236. The maximum absolute atomic E-state index is 12.1. The summed E-state index contributed by atoms with van der Waals surface area (Å²) in [5.74, 6) is -0.108. The molecule has 1 fully saturated rings. The van der Waals surface area contributed by atoms with Crippen LogP contribution >= 0.6 is 15.9 Å². The van der Waals surface area contributed by atoms with Gasteiger partial charge in [-0.15, -0.1) is 0 Å². The van der Waals surface area contributed by atoms with Crippen LogP contribution in [0.2, 0.25) is 0 Å². The van der Waals surface area contributed by atoms with E-state index in [0.29, 0.717) is 19.5 Å². The predicted molar refractivity (Wildman–Crippen MR) is 48.9 cm³/mol. The highest BCUT2D eigenvalue weighted by molar-refractivity contribution is 9.09. The van der Waals surface area contributed by atoms with E-state index in [2.05, 4.69) is 22.0 Å². The Morgan fingerprint density at radius 1 is 1.57 bits per heavy atom. The van der Waals surface area contributed by atoms with Gasteiger partial charge in [0, 0.05) is 13.1 Å². The van der Waals surface area contributed by atoms with E-state index in [-0.39, 0.29) is 12.5 Å². The van der Waals surface area contributed by atoms with Gasteiger partial charge < -0.3 is 4.90 Å². The lowest BCUT2D eigenvalue weighted by Crippen LogP contribution is -2.36. The van der Waals surface area contributed by atoms with Crippen molar-refractivity contribution in [2.75, 3.05) is 19.6 Å². The van der Waals surface area contributed by atoms with Gasteiger partial charge in [-0.05, 0) is 13.0 Å². The zero-order valence-corrected chi connectivity index (χ0v) is 8.98. The minimum atomic E-state index is -4.20. The number of nitriles is 1. The third kappa shape index (κ3) is 3.14. The number of halogens is 4. The number of alkyl halides is 4. The van der Waals surface area contributed by atoms with Crippen molar-refractivity contribution in [2.45, 2.75) is 17.4 Å². The minimum absolute atomic E-state index is 0.0678. The fraction of sp³-hybridized carbons (Fsp3) is 0.875. The summed E-state index contributed by atoms with van der Waals surface area (Å²) in [5, 5.41) is 8.57. The second-order valence-corrected chi connectivity index (χ2v) is 4.49. The zero-order chi connectivity index (χ0) is 10.8. The van der Waals surface area contributed by atoms with Crippen LogP contribution in [0.4, 0.5) is 13.2 Å². The Balaban J connectivity index is 2.37. The molecule has 1 aliphatic heterocycles. The molecule has 2 unspecified atom stereocenters. The molecule has 0 aliphatic carbocycles. The summed E-state index contributed by atoms with van der Waals surface area (Å²) in [5.41, 5.74) is 0. The van der Waals surface area contributed by atoms with Crippen molar-refractivity contribution in [1.29, 1.82) is 5.26 Å². The molecule has 6 heteroatoms. The van der Waals surface area contributed by atoms with Gasteiger partial charge in [0.1, 0.15) is 4.83 Å². The van der Waals surface area contributed by atoms with E-state index in [4.69, 9.17) is 5.26 Å². The van der Waals surface area contributed by atoms with E-state index < -0.39 is 11.0 Å². The van der Waals surface area contributed by atoms with E-state index in [1.54, 1.807) is 4.90 Å². The van der Waals surface area contributed by atoms with E-state index in [0.717, 1.165) is 0 Å². The first-order chi connectivity index (χ1) is 6.43. The summed E-state index contributed by atoms with van der Waals surface area (Å²) in [6, 6.07) is 2.07. The Hall–Kier alpha value is -0.280. The van der Waals surface area contributed by atoms with Crippen molar-refractivity contribution >= 4 is 15.9 Å². The van der Waals surface area contributed by atoms with Crippen LogP contribution in [-0.4, -0.2) is 35.5 Å². The molecule has 2 atom stereocenters. The van der Waals surface area contributed by atoms with Crippen LogP contribution in [0, 0.1) is 17.2 Å². The lowest BCUT2D eigenvalue weighted by molar-refractivity contribution is -0.130. The third-order valence-electron chi connectivity index (χ3n) is 2.23. The Kier molecular flexibility index (Phi) is 3.78. The largest absolute Gasteiger partial charge is 0.402 e. The molecule has 1 heterocycles. The molecule has 0 aromatic carbocycles. The molecular formula is C8H10BrF3N2. The molecule has 0 spiro atoms. The monoisotopic (exact) mass is 270 g/mol.